The fourth-order valence-electron chi connectivity index (χ4n) is 0.891. The topological polar surface area (TPSA) is 84.3 Å². The first-order valence-corrected chi connectivity index (χ1v) is 3.10. The maximum Gasteiger partial charge on any atom is 0.105 e. The lowest BCUT2D eigenvalue weighted by atomic mass is 10.1. The van der Waals surface area contributed by atoms with E-state index in [4.69, 9.17) is 16.7 Å². The third kappa shape index (κ3) is 1.21. The van der Waals surface area contributed by atoms with Crippen molar-refractivity contribution in [1.29, 1.82) is 0 Å². The van der Waals surface area contributed by atoms with Crippen LogP contribution in [0.15, 0.2) is 0 Å². The number of aliphatic hydroxyl groups is 1. The summed E-state index contributed by atoms with van der Waals surface area (Å²) in [6, 6.07) is 0. The Morgan fingerprint density at radius 2 is 2.22 bits per heavy atom. The van der Waals surface area contributed by atoms with E-state index in [-0.39, 0.29) is 6.61 Å². The zero-order valence-corrected chi connectivity index (χ0v) is 5.30. The lowest BCUT2D eigenvalue weighted by Crippen LogP contribution is -2.61. The first-order valence-electron chi connectivity index (χ1n) is 3.10. The Hall–Kier alpha value is -0.160. The van der Waals surface area contributed by atoms with Gasteiger partial charge < -0.3 is 10.8 Å². The molecule has 9 heavy (non-hydrogen) atoms. The lowest BCUT2D eigenvalue weighted by molar-refractivity contribution is 0.146. The molecule has 1 fully saturated rings. The van der Waals surface area contributed by atoms with Gasteiger partial charge in [0.25, 0.3) is 0 Å². The van der Waals surface area contributed by atoms with Crippen LogP contribution >= 0.6 is 0 Å². The molecule has 1 unspecified atom stereocenters. The van der Waals surface area contributed by atoms with E-state index in [1.165, 1.54) is 0 Å². The Kier molecular flexibility index (Phi) is 1.72. The minimum Gasteiger partial charge on any atom is -0.393 e. The van der Waals surface area contributed by atoms with Gasteiger partial charge in [0.1, 0.15) is 5.66 Å². The predicted octanol–water partition coefficient (Wildman–Crippen LogP) is -1.49. The zero-order valence-electron chi connectivity index (χ0n) is 5.30. The summed E-state index contributed by atoms with van der Waals surface area (Å²) in [6.45, 7) is -0.0891. The summed E-state index contributed by atoms with van der Waals surface area (Å²) in [5, 5.41) is 8.73. The monoisotopic (exact) mass is 131 g/mol. The fraction of sp³-hybridized carbons (Fsp3) is 1.00. The Bertz CT molecular complexity index is 98.4. The van der Waals surface area contributed by atoms with Crippen LogP contribution in [-0.4, -0.2) is 17.4 Å². The van der Waals surface area contributed by atoms with Gasteiger partial charge in [-0.05, 0) is 18.8 Å². The number of aliphatic hydroxyl groups excluding tert-OH is 1. The first kappa shape index (κ1) is 6.95. The van der Waals surface area contributed by atoms with Gasteiger partial charge in [-0.25, -0.2) is 5.43 Å². The molecule has 0 amide bonds. The first-order chi connectivity index (χ1) is 4.23. The van der Waals surface area contributed by atoms with Gasteiger partial charge in [-0.2, -0.15) is 0 Å². The Morgan fingerprint density at radius 3 is 2.33 bits per heavy atom. The van der Waals surface area contributed by atoms with Crippen LogP contribution in [0.3, 0.4) is 0 Å². The van der Waals surface area contributed by atoms with Crippen LogP contribution in [-0.2, 0) is 0 Å². The maximum absolute atomic E-state index is 8.73. The van der Waals surface area contributed by atoms with E-state index in [9.17, 15) is 0 Å². The van der Waals surface area contributed by atoms with Gasteiger partial charge in [0.2, 0.25) is 0 Å². The summed E-state index contributed by atoms with van der Waals surface area (Å²) in [7, 11) is 0. The van der Waals surface area contributed by atoms with Crippen molar-refractivity contribution in [3.8, 4) is 0 Å². The van der Waals surface area contributed by atoms with E-state index in [0.29, 0.717) is 5.92 Å². The van der Waals surface area contributed by atoms with Crippen LogP contribution < -0.4 is 17.0 Å². The third-order valence-corrected chi connectivity index (χ3v) is 1.84. The van der Waals surface area contributed by atoms with Crippen molar-refractivity contribution in [3.05, 3.63) is 0 Å². The van der Waals surface area contributed by atoms with E-state index in [1.807, 2.05) is 0 Å². The SMILES string of the molecule is NNC(N)(CO)C1CC1. The summed E-state index contributed by atoms with van der Waals surface area (Å²) < 4.78 is 0. The molecule has 4 nitrogen and oxygen atoms in total. The second-order valence-electron chi connectivity index (χ2n) is 2.62. The van der Waals surface area contributed by atoms with Crippen LogP contribution in [0.1, 0.15) is 12.8 Å². The van der Waals surface area contributed by atoms with Gasteiger partial charge >= 0.3 is 0 Å². The molecule has 0 heterocycles. The Labute approximate surface area is 54.2 Å². The molecule has 0 aromatic rings. The van der Waals surface area contributed by atoms with E-state index in [1.54, 1.807) is 0 Å². The molecule has 1 saturated carbocycles. The number of nitrogens with two attached hydrogens (primary N) is 2. The molecule has 1 aliphatic rings. The number of hydrogen-bond donors (Lipinski definition) is 4. The molecular weight excluding hydrogens is 118 g/mol. The fourth-order valence-corrected chi connectivity index (χ4v) is 0.891. The molecule has 1 rings (SSSR count). The molecule has 0 saturated heterocycles. The van der Waals surface area contributed by atoms with Crippen molar-refractivity contribution in [2.24, 2.45) is 17.5 Å². The summed E-state index contributed by atoms with van der Waals surface area (Å²) in [6.07, 6.45) is 2.14. The minimum atomic E-state index is -0.722. The van der Waals surface area contributed by atoms with Crippen LogP contribution in [0.25, 0.3) is 0 Å². The summed E-state index contributed by atoms with van der Waals surface area (Å²) in [5.74, 6) is 5.49. The van der Waals surface area contributed by atoms with Crippen LogP contribution in [0, 0.1) is 5.92 Å². The Morgan fingerprint density at radius 1 is 1.67 bits per heavy atom. The van der Waals surface area contributed by atoms with Crippen LogP contribution in [0.5, 0.6) is 0 Å². The second-order valence-corrected chi connectivity index (χ2v) is 2.62. The van der Waals surface area contributed by atoms with Gasteiger partial charge in [-0.1, -0.05) is 0 Å². The average molecular weight is 131 g/mol. The molecule has 4 heteroatoms. The van der Waals surface area contributed by atoms with Crippen molar-refractivity contribution in [3.63, 3.8) is 0 Å². The molecule has 0 bridgehead atoms. The van der Waals surface area contributed by atoms with Gasteiger partial charge in [0.05, 0.1) is 6.61 Å². The average Bonchev–Trinajstić information content (AvgIpc) is 2.68. The van der Waals surface area contributed by atoms with Gasteiger partial charge in [0, 0.05) is 0 Å². The highest BCUT2D eigenvalue weighted by Crippen LogP contribution is 2.35. The summed E-state index contributed by atoms with van der Waals surface area (Å²) in [4.78, 5) is 0. The molecule has 0 aromatic heterocycles. The molecule has 54 valence electrons. The standard InChI is InChI=1S/C5H13N3O/c6-5(3-9,8-7)4-1-2-4/h4,8-9H,1-3,6-7H2. The molecular formula is C5H13N3O. The van der Waals surface area contributed by atoms with Crippen LogP contribution in [0.4, 0.5) is 0 Å². The van der Waals surface area contributed by atoms with E-state index in [2.05, 4.69) is 5.43 Å². The highest BCUT2D eigenvalue weighted by Gasteiger charge is 2.40. The lowest BCUT2D eigenvalue weighted by Gasteiger charge is -2.25. The van der Waals surface area contributed by atoms with Crippen molar-refractivity contribution in [2.75, 3.05) is 6.61 Å². The van der Waals surface area contributed by atoms with Crippen molar-refractivity contribution in [2.45, 2.75) is 18.5 Å². The van der Waals surface area contributed by atoms with E-state index >= 15 is 0 Å². The van der Waals surface area contributed by atoms with Crippen molar-refractivity contribution < 1.29 is 5.11 Å². The maximum atomic E-state index is 8.73. The van der Waals surface area contributed by atoms with E-state index in [0.717, 1.165) is 12.8 Å². The molecule has 0 aromatic carbocycles. The van der Waals surface area contributed by atoms with Gasteiger partial charge in [-0.15, -0.1) is 0 Å². The van der Waals surface area contributed by atoms with Gasteiger partial charge in [0.15, 0.2) is 0 Å². The summed E-state index contributed by atoms with van der Waals surface area (Å²) >= 11 is 0. The number of hydrazine groups is 1. The van der Waals surface area contributed by atoms with Gasteiger partial charge in [-0.3, -0.25) is 5.84 Å². The molecule has 0 spiro atoms. The minimum absolute atomic E-state index is 0.0891. The second kappa shape index (κ2) is 2.22. The highest BCUT2D eigenvalue weighted by atomic mass is 16.3. The normalized spacial score (nSPS) is 25.7. The molecule has 6 N–H and O–H groups in total. The third-order valence-electron chi connectivity index (χ3n) is 1.84. The predicted molar refractivity (Wildman–Crippen MR) is 34.1 cm³/mol. The molecule has 1 aliphatic carbocycles. The largest absolute Gasteiger partial charge is 0.393 e. The number of hydrogen-bond acceptors (Lipinski definition) is 4. The molecule has 0 radical (unpaired) electrons. The smallest absolute Gasteiger partial charge is 0.105 e. The highest BCUT2D eigenvalue weighted by molar-refractivity contribution is 4.94. The van der Waals surface area contributed by atoms with Crippen molar-refractivity contribution in [1.82, 2.24) is 5.43 Å². The van der Waals surface area contributed by atoms with Crippen molar-refractivity contribution >= 4 is 0 Å². The summed E-state index contributed by atoms with van der Waals surface area (Å²) in [5.41, 5.74) is 7.31. The molecule has 0 aliphatic heterocycles. The van der Waals surface area contributed by atoms with E-state index < -0.39 is 5.66 Å². The Balaban J connectivity index is 2.43. The number of rotatable bonds is 3. The van der Waals surface area contributed by atoms with Crippen LogP contribution in [0.2, 0.25) is 0 Å². The quantitative estimate of drug-likeness (QED) is 0.213. The number of nitrogens with one attached hydrogen (secondary N) is 1. The molecule has 1 atom stereocenters. The zero-order chi connectivity index (χ0) is 6.91.